The number of rotatable bonds is 0. The van der Waals surface area contributed by atoms with E-state index in [0.29, 0.717) is 0 Å². The van der Waals surface area contributed by atoms with Gasteiger partial charge in [0.05, 0.1) is 10.9 Å². The first-order chi connectivity index (χ1) is 8.10. The molecule has 10 heteroatoms. The highest BCUT2D eigenvalue weighted by atomic mass is 19.4. The summed E-state index contributed by atoms with van der Waals surface area (Å²) in [6.07, 6.45) is -10.1. The number of hydrogen-bond acceptors (Lipinski definition) is 2. The molecule has 98 valence electrons. The van der Waals surface area contributed by atoms with Gasteiger partial charge in [0, 0.05) is 0 Å². The van der Waals surface area contributed by atoms with Crippen LogP contribution in [0.5, 0.6) is 0 Å². The van der Waals surface area contributed by atoms with Crippen molar-refractivity contribution in [3.8, 4) is 0 Å². The number of hydrogen-bond donors (Lipinski definition) is 2. The number of pyridine rings is 1. The van der Waals surface area contributed by atoms with Crippen LogP contribution in [0.25, 0.3) is 11.0 Å². The molecule has 0 aliphatic rings. The highest BCUT2D eigenvalue weighted by Crippen LogP contribution is 2.36. The summed E-state index contributed by atoms with van der Waals surface area (Å²) in [5.74, 6) is 0. The quantitative estimate of drug-likeness (QED) is 0.722. The number of fused-ring (bicyclic) bond motifs is 1. The van der Waals surface area contributed by atoms with E-state index in [9.17, 15) is 31.1 Å². The summed E-state index contributed by atoms with van der Waals surface area (Å²) in [6, 6.07) is -0.189. The zero-order chi connectivity index (χ0) is 13.7. The van der Waals surface area contributed by atoms with Crippen LogP contribution >= 0.6 is 0 Å². The zero-order valence-electron chi connectivity index (χ0n) is 8.20. The normalized spacial score (nSPS) is 13.2. The molecule has 0 bridgehead atoms. The van der Waals surface area contributed by atoms with Crippen molar-refractivity contribution in [2.24, 2.45) is 0 Å². The fourth-order valence-electron chi connectivity index (χ4n) is 1.41. The molecule has 18 heavy (non-hydrogen) atoms. The molecule has 0 saturated carbocycles. The van der Waals surface area contributed by atoms with Gasteiger partial charge in [0.15, 0.2) is 5.65 Å². The number of nitrogens with zero attached hydrogens (tertiary/aromatic N) is 1. The van der Waals surface area contributed by atoms with Gasteiger partial charge in [-0.2, -0.15) is 26.3 Å². The first-order valence-corrected chi connectivity index (χ1v) is 4.36. The van der Waals surface area contributed by atoms with Crippen molar-refractivity contribution < 1.29 is 26.3 Å². The number of nitrogens with one attached hydrogen (secondary N) is 2. The molecule has 0 radical (unpaired) electrons. The van der Waals surface area contributed by atoms with Crippen LogP contribution in [-0.2, 0) is 12.4 Å². The van der Waals surface area contributed by atoms with Crippen LogP contribution in [0.2, 0.25) is 0 Å². The lowest BCUT2D eigenvalue weighted by Crippen LogP contribution is -2.15. The van der Waals surface area contributed by atoms with Crippen molar-refractivity contribution in [1.82, 2.24) is 15.2 Å². The second-order valence-electron chi connectivity index (χ2n) is 3.35. The van der Waals surface area contributed by atoms with Crippen LogP contribution in [0.3, 0.4) is 0 Å². The first-order valence-electron chi connectivity index (χ1n) is 4.36. The Kier molecular flexibility index (Phi) is 2.42. The Bertz CT molecular complexity index is 649. The molecule has 0 saturated heterocycles. The van der Waals surface area contributed by atoms with Gasteiger partial charge in [-0.05, 0) is 6.07 Å². The topological polar surface area (TPSA) is 61.5 Å². The molecule has 2 aromatic rings. The molecule has 0 aromatic carbocycles. The van der Waals surface area contributed by atoms with Crippen LogP contribution in [0.1, 0.15) is 11.3 Å². The van der Waals surface area contributed by atoms with Crippen molar-refractivity contribution >= 4 is 11.0 Å². The van der Waals surface area contributed by atoms with E-state index < -0.39 is 40.2 Å². The Morgan fingerprint density at radius 3 is 2.11 bits per heavy atom. The number of aromatic nitrogens is 3. The summed E-state index contributed by atoms with van der Waals surface area (Å²) in [7, 11) is 0. The maximum Gasteiger partial charge on any atom is 0.433 e. The number of H-pyrrole nitrogens is 2. The summed E-state index contributed by atoms with van der Waals surface area (Å²) < 4.78 is 74.8. The summed E-state index contributed by atoms with van der Waals surface area (Å²) >= 11 is 0. The van der Waals surface area contributed by atoms with Gasteiger partial charge in [0.1, 0.15) is 5.69 Å². The Morgan fingerprint density at radius 2 is 1.61 bits per heavy atom. The van der Waals surface area contributed by atoms with Crippen molar-refractivity contribution in [3.05, 3.63) is 27.7 Å². The Labute approximate surface area is 93.6 Å². The largest absolute Gasteiger partial charge is 0.433 e. The van der Waals surface area contributed by atoms with Crippen molar-refractivity contribution in [2.45, 2.75) is 12.4 Å². The van der Waals surface area contributed by atoms with E-state index in [2.05, 4.69) is 4.98 Å². The van der Waals surface area contributed by atoms with Crippen LogP contribution in [0.15, 0.2) is 10.9 Å². The predicted molar refractivity (Wildman–Crippen MR) is 46.7 cm³/mol. The lowest BCUT2D eigenvalue weighted by Gasteiger charge is -2.11. The number of alkyl halides is 6. The van der Waals surface area contributed by atoms with Crippen molar-refractivity contribution in [2.75, 3.05) is 0 Å². The number of halogens is 6. The van der Waals surface area contributed by atoms with Crippen LogP contribution < -0.4 is 5.56 Å². The van der Waals surface area contributed by atoms with E-state index in [0.717, 1.165) is 0 Å². The van der Waals surface area contributed by atoms with E-state index in [1.54, 1.807) is 5.10 Å². The van der Waals surface area contributed by atoms with E-state index in [1.165, 1.54) is 0 Å². The smallest absolute Gasteiger partial charge is 0.281 e. The van der Waals surface area contributed by atoms with Crippen LogP contribution in [0, 0.1) is 0 Å². The molecule has 0 unspecified atom stereocenters. The lowest BCUT2D eigenvalue weighted by molar-refractivity contribution is -0.144. The third-order valence-corrected chi connectivity index (χ3v) is 2.14. The average molecular weight is 271 g/mol. The SMILES string of the molecule is O=c1[nH][nH]c2nc(C(F)(F)F)cc(C(F)(F)F)c12. The second kappa shape index (κ2) is 3.50. The summed E-state index contributed by atoms with van der Waals surface area (Å²) in [5, 5.41) is 2.67. The summed E-state index contributed by atoms with van der Waals surface area (Å²) in [6.45, 7) is 0. The first kappa shape index (κ1) is 12.5. The molecule has 0 atom stereocenters. The molecule has 4 nitrogen and oxygen atoms in total. The summed E-state index contributed by atoms with van der Waals surface area (Å²) in [5.41, 5.74) is -5.37. The minimum absolute atomic E-state index is 0.189. The van der Waals surface area contributed by atoms with E-state index in [4.69, 9.17) is 0 Å². The molecule has 2 aromatic heterocycles. The highest BCUT2D eigenvalue weighted by molar-refractivity contribution is 5.78. The zero-order valence-corrected chi connectivity index (χ0v) is 8.20. The van der Waals surface area contributed by atoms with Gasteiger partial charge in [-0.15, -0.1) is 0 Å². The molecule has 0 aliphatic carbocycles. The highest BCUT2D eigenvalue weighted by Gasteiger charge is 2.40. The Hall–Kier alpha value is -2.00. The molecular formula is C8H3F6N3O. The lowest BCUT2D eigenvalue weighted by atomic mass is 10.1. The third kappa shape index (κ3) is 1.93. The van der Waals surface area contributed by atoms with Gasteiger partial charge in [0.25, 0.3) is 5.56 Å². The van der Waals surface area contributed by atoms with Gasteiger partial charge < -0.3 is 0 Å². The van der Waals surface area contributed by atoms with Gasteiger partial charge in [-0.3, -0.25) is 15.0 Å². The van der Waals surface area contributed by atoms with Crippen molar-refractivity contribution in [1.29, 1.82) is 0 Å². The maximum atomic E-state index is 12.6. The average Bonchev–Trinajstić information content (AvgIpc) is 2.56. The minimum Gasteiger partial charge on any atom is -0.281 e. The molecule has 0 fully saturated rings. The second-order valence-corrected chi connectivity index (χ2v) is 3.35. The monoisotopic (exact) mass is 271 g/mol. The predicted octanol–water partition coefficient (Wildman–Crippen LogP) is 2.29. The third-order valence-electron chi connectivity index (χ3n) is 2.14. The molecule has 0 amide bonds. The van der Waals surface area contributed by atoms with Crippen LogP contribution in [-0.4, -0.2) is 15.2 Å². The standard InChI is InChI=1S/C8H3F6N3O/c9-7(10,11)2-1-3(8(12,13)14)15-5-4(2)6(18)17-16-5/h1H,(H2,15,16,17,18). The van der Waals surface area contributed by atoms with Crippen LogP contribution in [0.4, 0.5) is 26.3 Å². The van der Waals surface area contributed by atoms with Gasteiger partial charge in [-0.25, -0.2) is 4.98 Å². The fourth-order valence-corrected chi connectivity index (χ4v) is 1.41. The van der Waals surface area contributed by atoms with E-state index >= 15 is 0 Å². The molecule has 0 spiro atoms. The van der Waals surface area contributed by atoms with E-state index in [-0.39, 0.29) is 6.07 Å². The molecule has 0 aliphatic heterocycles. The molecule has 2 heterocycles. The van der Waals surface area contributed by atoms with Gasteiger partial charge in [0.2, 0.25) is 0 Å². The summed E-state index contributed by atoms with van der Waals surface area (Å²) in [4.78, 5) is 14.0. The van der Waals surface area contributed by atoms with Crippen molar-refractivity contribution in [3.63, 3.8) is 0 Å². The molecule has 2 rings (SSSR count). The Morgan fingerprint density at radius 1 is 1.00 bits per heavy atom. The number of aromatic amines is 2. The van der Waals surface area contributed by atoms with E-state index in [1.807, 2.05) is 5.10 Å². The fraction of sp³-hybridized carbons (Fsp3) is 0.250. The molecule has 2 N–H and O–H groups in total. The Balaban J connectivity index is 2.88. The maximum absolute atomic E-state index is 12.6. The van der Waals surface area contributed by atoms with Gasteiger partial charge >= 0.3 is 12.4 Å². The van der Waals surface area contributed by atoms with Gasteiger partial charge in [-0.1, -0.05) is 0 Å². The minimum atomic E-state index is -5.09. The molecular weight excluding hydrogens is 268 g/mol.